The molecule has 2 aromatic heterocycles. The Morgan fingerprint density at radius 1 is 0.542 bits per heavy atom. The normalized spacial score (nSPS) is 12.2. The summed E-state index contributed by atoms with van der Waals surface area (Å²) < 4.78 is 0. The van der Waals surface area contributed by atoms with Gasteiger partial charge in [0.25, 0.3) is 0 Å². The van der Waals surface area contributed by atoms with Gasteiger partial charge in [0, 0.05) is 33.8 Å². The molecule has 2 heterocycles. The van der Waals surface area contributed by atoms with Crippen LogP contribution in [0.3, 0.4) is 0 Å². The molecule has 0 bridgehead atoms. The van der Waals surface area contributed by atoms with Crippen molar-refractivity contribution < 1.29 is 0 Å². The summed E-state index contributed by atoms with van der Waals surface area (Å²) in [6, 6.07) is 53.4. The Kier molecular flexibility index (Phi) is 6.84. The smallest absolute Gasteiger partial charge is 0.161 e. The van der Waals surface area contributed by atoms with Gasteiger partial charge in [0.2, 0.25) is 0 Å². The van der Waals surface area contributed by atoms with E-state index in [4.69, 9.17) is 15.0 Å². The van der Waals surface area contributed by atoms with Crippen molar-refractivity contribution in [2.75, 3.05) is 0 Å². The van der Waals surface area contributed by atoms with Crippen molar-refractivity contribution in [3.05, 3.63) is 169 Å². The van der Waals surface area contributed by atoms with E-state index in [1.807, 2.05) is 24.4 Å². The topological polar surface area (TPSA) is 38.7 Å². The largest absolute Gasteiger partial charge is 0.256 e. The highest BCUT2D eigenvalue weighted by Crippen LogP contribution is 2.33. The highest BCUT2D eigenvalue weighted by molar-refractivity contribution is 5.95. The molecular weight excluding hydrogens is 583 g/mol. The third kappa shape index (κ3) is 5.20. The molecule has 1 aliphatic carbocycles. The summed E-state index contributed by atoms with van der Waals surface area (Å²) in [4.78, 5) is 15.0. The number of aromatic nitrogens is 3. The van der Waals surface area contributed by atoms with Crippen LogP contribution in [-0.2, 0) is 6.42 Å². The molecule has 8 aromatic rings. The van der Waals surface area contributed by atoms with Crippen LogP contribution in [0.2, 0.25) is 0 Å². The molecule has 0 unspecified atom stereocenters. The van der Waals surface area contributed by atoms with Gasteiger partial charge in [0.15, 0.2) is 5.82 Å². The number of fused-ring (bicyclic) bond motifs is 3. The van der Waals surface area contributed by atoms with Crippen LogP contribution in [0.5, 0.6) is 0 Å². The van der Waals surface area contributed by atoms with Crippen molar-refractivity contribution in [1.29, 1.82) is 0 Å². The monoisotopic (exact) mass is 611 g/mol. The second-order valence-electron chi connectivity index (χ2n) is 12.3. The van der Waals surface area contributed by atoms with Gasteiger partial charge in [-0.15, -0.1) is 0 Å². The number of allylic oxidation sites excluding steroid dienone is 1. The van der Waals surface area contributed by atoms with Crippen LogP contribution < -0.4 is 0 Å². The molecular formula is C45H29N3. The number of nitrogens with zero attached hydrogens (tertiary/aromatic N) is 3. The molecule has 9 rings (SSSR count). The van der Waals surface area contributed by atoms with E-state index in [-0.39, 0.29) is 0 Å². The molecule has 3 heteroatoms. The van der Waals surface area contributed by atoms with E-state index in [0.717, 1.165) is 84.8 Å². The average Bonchev–Trinajstić information content (AvgIpc) is 3.17. The summed E-state index contributed by atoms with van der Waals surface area (Å²) in [5, 5.41) is 3.39. The third-order valence-corrected chi connectivity index (χ3v) is 9.20. The minimum Gasteiger partial charge on any atom is -0.256 e. The van der Waals surface area contributed by atoms with Crippen LogP contribution >= 0.6 is 0 Å². The van der Waals surface area contributed by atoms with Crippen LogP contribution in [0.4, 0.5) is 0 Å². The number of rotatable bonds is 5. The quantitative estimate of drug-likeness (QED) is 0.194. The SMILES string of the molecule is c1c(-c2ccc3c(c2)C=CCC3)ccc(-c2cc(-c3cccc(-c4cnc5ccccc5c4)c3)nc(-c3cccc4ccccc34)n2)c#1. The number of aryl methyl sites for hydroxylation is 1. The lowest BCUT2D eigenvalue weighted by molar-refractivity contribution is 0.986. The van der Waals surface area contributed by atoms with E-state index in [0.29, 0.717) is 5.82 Å². The average molecular weight is 612 g/mol. The number of hydrogen-bond donors (Lipinski definition) is 0. The summed E-state index contributed by atoms with van der Waals surface area (Å²) in [5.41, 5.74) is 12.5. The molecule has 224 valence electrons. The summed E-state index contributed by atoms with van der Waals surface area (Å²) in [5.74, 6) is 0.677. The van der Waals surface area contributed by atoms with Gasteiger partial charge in [-0.25, -0.2) is 9.97 Å². The summed E-state index contributed by atoms with van der Waals surface area (Å²) in [7, 11) is 0. The molecule has 0 radical (unpaired) electrons. The molecule has 0 N–H and O–H groups in total. The minimum absolute atomic E-state index is 0.677. The van der Waals surface area contributed by atoms with Crippen LogP contribution in [0.1, 0.15) is 17.5 Å². The molecule has 48 heavy (non-hydrogen) atoms. The molecule has 0 saturated carbocycles. The lowest BCUT2D eigenvalue weighted by Crippen LogP contribution is -1.97. The van der Waals surface area contributed by atoms with Crippen LogP contribution in [-0.4, -0.2) is 15.0 Å². The first-order valence-corrected chi connectivity index (χ1v) is 16.3. The Morgan fingerprint density at radius 2 is 1.33 bits per heavy atom. The fourth-order valence-corrected chi connectivity index (χ4v) is 6.66. The highest BCUT2D eigenvalue weighted by Gasteiger charge is 2.14. The molecule has 0 spiro atoms. The van der Waals surface area contributed by atoms with Crippen molar-refractivity contribution in [2.45, 2.75) is 12.8 Å². The minimum atomic E-state index is 0.677. The van der Waals surface area contributed by atoms with Gasteiger partial charge in [-0.2, -0.15) is 0 Å². The Balaban J connectivity index is 1.16. The van der Waals surface area contributed by atoms with E-state index >= 15 is 0 Å². The maximum atomic E-state index is 5.18. The maximum Gasteiger partial charge on any atom is 0.161 e. The second-order valence-corrected chi connectivity index (χ2v) is 12.3. The zero-order valence-electron chi connectivity index (χ0n) is 26.2. The lowest BCUT2D eigenvalue weighted by Gasteiger charge is -2.12. The molecule has 0 amide bonds. The standard InChI is InChI=1S/C45H29N3/c1-2-11-34-25-36(24-21-30(34)9-1)31-19-22-33(23-20-31)43-28-44(48-45(47-43)41-17-8-13-32-10-3-5-16-40(32)41)38-15-7-14-35(26-38)39-27-37-12-4-6-18-42(37)46-29-39/h2-8,10-19,21-22,24-29H,1,9H2. The van der Waals surface area contributed by atoms with E-state index in [1.165, 1.54) is 11.1 Å². The van der Waals surface area contributed by atoms with Crippen molar-refractivity contribution in [3.8, 4) is 56.2 Å². The predicted molar refractivity (Wildman–Crippen MR) is 197 cm³/mol. The van der Waals surface area contributed by atoms with Crippen molar-refractivity contribution in [1.82, 2.24) is 15.0 Å². The molecule has 0 fully saturated rings. The van der Waals surface area contributed by atoms with Gasteiger partial charge in [-0.1, -0.05) is 115 Å². The molecule has 0 saturated heterocycles. The van der Waals surface area contributed by atoms with Gasteiger partial charge < -0.3 is 0 Å². The molecule has 6 aromatic carbocycles. The number of hydrogen-bond acceptors (Lipinski definition) is 3. The maximum absolute atomic E-state index is 5.18. The van der Waals surface area contributed by atoms with Crippen LogP contribution in [0.15, 0.2) is 146 Å². The Hall–Kier alpha value is -6.37. The van der Waals surface area contributed by atoms with Gasteiger partial charge in [-0.3, -0.25) is 4.98 Å². The number of pyridine rings is 1. The van der Waals surface area contributed by atoms with Crippen LogP contribution in [0, 0.1) is 12.1 Å². The third-order valence-electron chi connectivity index (χ3n) is 9.20. The van der Waals surface area contributed by atoms with E-state index in [9.17, 15) is 0 Å². The van der Waals surface area contributed by atoms with E-state index < -0.39 is 0 Å². The zero-order chi connectivity index (χ0) is 31.9. The zero-order valence-corrected chi connectivity index (χ0v) is 26.2. The molecule has 0 atom stereocenters. The van der Waals surface area contributed by atoms with Crippen molar-refractivity contribution >= 4 is 27.8 Å². The molecule has 0 aliphatic heterocycles. The fourth-order valence-electron chi connectivity index (χ4n) is 6.66. The Bertz CT molecular complexity index is 2500. The first-order valence-electron chi connectivity index (χ1n) is 16.3. The Morgan fingerprint density at radius 3 is 2.27 bits per heavy atom. The fraction of sp³-hybridized carbons (Fsp3) is 0.0444. The summed E-state index contributed by atoms with van der Waals surface area (Å²) in [6.07, 6.45) is 8.62. The first-order chi connectivity index (χ1) is 23.7. The van der Waals surface area contributed by atoms with Gasteiger partial charge in [-0.05, 0) is 88.3 Å². The van der Waals surface area contributed by atoms with E-state index in [2.05, 4.69) is 140 Å². The Labute approximate surface area is 280 Å². The summed E-state index contributed by atoms with van der Waals surface area (Å²) >= 11 is 0. The second kappa shape index (κ2) is 11.8. The van der Waals surface area contributed by atoms with Crippen LogP contribution in [0.25, 0.3) is 83.9 Å². The highest BCUT2D eigenvalue weighted by atomic mass is 14.9. The van der Waals surface area contributed by atoms with Gasteiger partial charge >= 0.3 is 0 Å². The summed E-state index contributed by atoms with van der Waals surface area (Å²) in [6.45, 7) is 0. The van der Waals surface area contributed by atoms with E-state index in [1.54, 1.807) is 0 Å². The molecule has 1 aliphatic rings. The van der Waals surface area contributed by atoms with Gasteiger partial charge in [0.05, 0.1) is 22.5 Å². The lowest BCUT2D eigenvalue weighted by atomic mass is 9.93. The van der Waals surface area contributed by atoms with Gasteiger partial charge in [0.1, 0.15) is 0 Å². The van der Waals surface area contributed by atoms with Crippen molar-refractivity contribution in [2.24, 2.45) is 0 Å². The number of para-hydroxylation sites is 1. The number of benzene rings is 5. The first kappa shape index (κ1) is 27.9. The van der Waals surface area contributed by atoms with Crippen molar-refractivity contribution in [3.63, 3.8) is 0 Å². The molecule has 3 nitrogen and oxygen atoms in total. The predicted octanol–water partition coefficient (Wildman–Crippen LogP) is 11.1.